The van der Waals surface area contributed by atoms with Crippen LogP contribution in [0.15, 0.2) is 48.8 Å². The largest absolute Gasteiger partial charge is 0.475 e. The molecule has 0 saturated heterocycles. The minimum absolute atomic E-state index is 0.114. The molecule has 0 fully saturated rings. The van der Waals surface area contributed by atoms with E-state index < -0.39 is 0 Å². The molecule has 1 amide bonds. The molecule has 0 radical (unpaired) electrons. The molecule has 0 unspecified atom stereocenters. The van der Waals surface area contributed by atoms with Crippen LogP contribution in [0, 0.1) is 6.92 Å². The number of nitrogen functional groups attached to an aromatic ring is 1. The van der Waals surface area contributed by atoms with E-state index in [0.29, 0.717) is 18.2 Å². The highest BCUT2D eigenvalue weighted by atomic mass is 35.5. The molecule has 136 valence electrons. The molecular formula is C20H17ClN4O2. The molecule has 0 spiro atoms. The second-order valence-electron chi connectivity index (χ2n) is 6.25. The third kappa shape index (κ3) is 3.19. The summed E-state index contributed by atoms with van der Waals surface area (Å²) < 4.78 is 5.57. The highest BCUT2D eigenvalue weighted by molar-refractivity contribution is 6.30. The van der Waals surface area contributed by atoms with E-state index in [9.17, 15) is 4.79 Å². The van der Waals surface area contributed by atoms with Gasteiger partial charge in [0.05, 0.1) is 6.54 Å². The maximum absolute atomic E-state index is 13.0. The van der Waals surface area contributed by atoms with Gasteiger partial charge in [0, 0.05) is 10.7 Å². The summed E-state index contributed by atoms with van der Waals surface area (Å²) in [5.41, 5.74) is 10.0. The Labute approximate surface area is 161 Å². The summed E-state index contributed by atoms with van der Waals surface area (Å²) in [5, 5.41) is 0.687. The van der Waals surface area contributed by atoms with Crippen LogP contribution in [0.25, 0.3) is 11.1 Å². The van der Waals surface area contributed by atoms with Gasteiger partial charge in [-0.3, -0.25) is 4.79 Å². The molecular weight excluding hydrogens is 364 g/mol. The molecule has 2 aromatic carbocycles. The van der Waals surface area contributed by atoms with Crippen molar-refractivity contribution in [1.82, 2.24) is 9.97 Å². The normalized spacial score (nSPS) is 13.7. The Morgan fingerprint density at radius 2 is 1.93 bits per heavy atom. The van der Waals surface area contributed by atoms with E-state index in [1.807, 2.05) is 49.4 Å². The van der Waals surface area contributed by atoms with Crippen molar-refractivity contribution < 1.29 is 9.53 Å². The highest BCUT2D eigenvalue weighted by Crippen LogP contribution is 2.31. The lowest BCUT2D eigenvalue weighted by Crippen LogP contribution is -2.32. The Hall–Kier alpha value is -3.12. The van der Waals surface area contributed by atoms with Gasteiger partial charge in [-0.2, -0.15) is 0 Å². The Balaban J connectivity index is 1.69. The first-order valence-corrected chi connectivity index (χ1v) is 8.84. The number of halogens is 1. The lowest BCUT2D eigenvalue weighted by Gasteiger charge is -2.20. The van der Waals surface area contributed by atoms with E-state index in [-0.39, 0.29) is 23.2 Å². The number of hydrogen-bond donors (Lipinski definition) is 1. The molecule has 7 heteroatoms. The second kappa shape index (κ2) is 6.89. The Morgan fingerprint density at radius 3 is 2.70 bits per heavy atom. The predicted molar refractivity (Wildman–Crippen MR) is 105 cm³/mol. The molecule has 1 aromatic heterocycles. The molecule has 1 aliphatic rings. The third-order valence-electron chi connectivity index (χ3n) is 4.54. The van der Waals surface area contributed by atoms with Gasteiger partial charge in [-0.05, 0) is 47.9 Å². The van der Waals surface area contributed by atoms with Crippen molar-refractivity contribution in [2.24, 2.45) is 0 Å². The third-order valence-corrected chi connectivity index (χ3v) is 4.78. The van der Waals surface area contributed by atoms with Crippen molar-refractivity contribution in [3.8, 4) is 17.0 Å². The molecule has 3 aromatic rings. The van der Waals surface area contributed by atoms with Crippen LogP contribution in [0.5, 0.6) is 5.88 Å². The molecule has 6 nitrogen and oxygen atoms in total. The SMILES string of the molecule is Cc1ccc(Cl)cc1-c1ccc(N2CCOc3ncnc(N)c3C2=O)cc1. The standard InChI is InChI=1S/C20H17ClN4O2/c1-12-2-5-14(21)10-16(12)13-3-6-15(7-4-13)25-8-9-27-19-17(20(25)26)18(22)23-11-24-19/h2-7,10-11H,8-9H2,1H3,(H2,22,23,24). The molecule has 2 N–H and O–H groups in total. The monoisotopic (exact) mass is 380 g/mol. The zero-order valence-corrected chi connectivity index (χ0v) is 15.4. The fourth-order valence-corrected chi connectivity index (χ4v) is 3.31. The smallest absolute Gasteiger partial charge is 0.267 e. The van der Waals surface area contributed by atoms with Gasteiger partial charge in [-0.15, -0.1) is 0 Å². The number of hydrogen-bond acceptors (Lipinski definition) is 5. The zero-order chi connectivity index (χ0) is 19.0. The predicted octanol–water partition coefficient (Wildman–Crippen LogP) is 3.73. The number of benzene rings is 2. The van der Waals surface area contributed by atoms with Gasteiger partial charge >= 0.3 is 0 Å². The van der Waals surface area contributed by atoms with Crippen LogP contribution in [0.4, 0.5) is 11.5 Å². The van der Waals surface area contributed by atoms with E-state index in [4.69, 9.17) is 22.1 Å². The van der Waals surface area contributed by atoms with E-state index in [0.717, 1.165) is 22.4 Å². The highest BCUT2D eigenvalue weighted by Gasteiger charge is 2.28. The topological polar surface area (TPSA) is 81.3 Å². The van der Waals surface area contributed by atoms with Crippen LogP contribution in [-0.4, -0.2) is 29.0 Å². The number of aromatic nitrogens is 2. The lowest BCUT2D eigenvalue weighted by atomic mass is 10.0. The average Bonchev–Trinajstić information content (AvgIpc) is 2.84. The van der Waals surface area contributed by atoms with Gasteiger partial charge in [0.15, 0.2) is 0 Å². The van der Waals surface area contributed by atoms with Crippen LogP contribution in [0.1, 0.15) is 15.9 Å². The molecule has 0 saturated carbocycles. The Kier molecular flexibility index (Phi) is 4.41. The molecule has 1 aliphatic heterocycles. The van der Waals surface area contributed by atoms with Crippen LogP contribution >= 0.6 is 11.6 Å². The number of nitrogens with zero attached hydrogens (tertiary/aromatic N) is 3. The minimum atomic E-state index is -0.271. The molecule has 27 heavy (non-hydrogen) atoms. The van der Waals surface area contributed by atoms with E-state index in [1.54, 1.807) is 4.90 Å². The molecule has 0 aliphatic carbocycles. The van der Waals surface area contributed by atoms with Gasteiger partial charge in [-0.25, -0.2) is 9.97 Å². The van der Waals surface area contributed by atoms with Crippen LogP contribution < -0.4 is 15.4 Å². The fraction of sp³-hybridized carbons (Fsp3) is 0.150. The summed E-state index contributed by atoms with van der Waals surface area (Å²) in [6, 6.07) is 13.5. The van der Waals surface area contributed by atoms with Crippen molar-refractivity contribution in [2.75, 3.05) is 23.8 Å². The number of aryl methyl sites for hydroxylation is 1. The van der Waals surface area contributed by atoms with Gasteiger partial charge in [-0.1, -0.05) is 29.8 Å². The van der Waals surface area contributed by atoms with E-state index >= 15 is 0 Å². The minimum Gasteiger partial charge on any atom is -0.475 e. The van der Waals surface area contributed by atoms with Crippen LogP contribution in [0.2, 0.25) is 5.02 Å². The summed E-state index contributed by atoms with van der Waals surface area (Å²) in [6.07, 6.45) is 1.29. The second-order valence-corrected chi connectivity index (χ2v) is 6.69. The van der Waals surface area contributed by atoms with Gasteiger partial charge in [0.25, 0.3) is 5.91 Å². The van der Waals surface area contributed by atoms with Crippen molar-refractivity contribution >= 4 is 29.0 Å². The van der Waals surface area contributed by atoms with Crippen molar-refractivity contribution in [3.63, 3.8) is 0 Å². The van der Waals surface area contributed by atoms with Gasteiger partial charge < -0.3 is 15.4 Å². The number of fused-ring (bicyclic) bond motifs is 1. The number of anilines is 2. The summed E-state index contributed by atoms with van der Waals surface area (Å²) in [7, 11) is 0. The van der Waals surface area contributed by atoms with Crippen LogP contribution in [0.3, 0.4) is 0 Å². The summed E-state index contributed by atoms with van der Waals surface area (Å²) in [6.45, 7) is 2.75. The lowest BCUT2D eigenvalue weighted by molar-refractivity contribution is 0.0990. The Bertz CT molecular complexity index is 1020. The molecule has 4 rings (SSSR count). The van der Waals surface area contributed by atoms with Crippen molar-refractivity contribution in [1.29, 1.82) is 0 Å². The van der Waals surface area contributed by atoms with E-state index in [1.165, 1.54) is 6.33 Å². The number of rotatable bonds is 2. The molecule has 2 heterocycles. The van der Waals surface area contributed by atoms with Crippen molar-refractivity contribution in [3.05, 3.63) is 64.9 Å². The molecule has 0 bridgehead atoms. The number of carbonyl (C=O) groups is 1. The summed E-state index contributed by atoms with van der Waals surface area (Å²) in [5.74, 6) is 0.0662. The number of nitrogens with two attached hydrogens (primary N) is 1. The maximum atomic E-state index is 13.0. The average molecular weight is 381 g/mol. The van der Waals surface area contributed by atoms with Gasteiger partial charge in [0.1, 0.15) is 24.3 Å². The summed E-state index contributed by atoms with van der Waals surface area (Å²) in [4.78, 5) is 22.5. The summed E-state index contributed by atoms with van der Waals surface area (Å²) >= 11 is 6.13. The Morgan fingerprint density at radius 1 is 1.15 bits per heavy atom. The fourth-order valence-electron chi connectivity index (χ4n) is 3.14. The quantitative estimate of drug-likeness (QED) is 0.732. The molecule has 0 atom stereocenters. The van der Waals surface area contributed by atoms with Crippen LogP contribution in [-0.2, 0) is 0 Å². The number of ether oxygens (including phenoxy) is 1. The number of amides is 1. The van der Waals surface area contributed by atoms with Gasteiger partial charge in [0.2, 0.25) is 5.88 Å². The number of carbonyl (C=O) groups excluding carboxylic acids is 1. The van der Waals surface area contributed by atoms with E-state index in [2.05, 4.69) is 9.97 Å². The first-order chi connectivity index (χ1) is 13.0. The first-order valence-electron chi connectivity index (χ1n) is 8.46. The first kappa shape index (κ1) is 17.3. The maximum Gasteiger partial charge on any atom is 0.267 e. The zero-order valence-electron chi connectivity index (χ0n) is 14.6. The van der Waals surface area contributed by atoms with Crippen molar-refractivity contribution in [2.45, 2.75) is 6.92 Å².